The molecule has 4 heterocycles. The summed E-state index contributed by atoms with van der Waals surface area (Å²) < 4.78 is 3.78. The Hall–Kier alpha value is -4.46. The fourth-order valence-electron chi connectivity index (χ4n) is 5.94. The fraction of sp³-hybridized carbons (Fsp3) is 0.364. The molecule has 5 aromatic rings. The van der Waals surface area contributed by atoms with Crippen LogP contribution in [0.4, 0.5) is 11.4 Å². The molecule has 6 rings (SSSR count). The summed E-state index contributed by atoms with van der Waals surface area (Å²) in [5, 5.41) is 31.8. The second-order valence-electron chi connectivity index (χ2n) is 12.4. The zero-order valence-electron chi connectivity index (χ0n) is 25.5. The minimum Gasteiger partial charge on any atom is -0.379 e. The number of likely N-dealkylation sites (tertiary alicyclic amines) is 1. The number of benzene rings is 2. The lowest BCUT2D eigenvalue weighted by Gasteiger charge is -2.40. The Kier molecular flexibility index (Phi) is 8.25. The summed E-state index contributed by atoms with van der Waals surface area (Å²) in [7, 11) is 1.88. The Balaban J connectivity index is 1.33. The molecule has 1 fully saturated rings. The lowest BCUT2D eigenvalue weighted by atomic mass is 9.98. The number of nitriles is 1. The molecule has 0 spiro atoms. The predicted octanol–water partition coefficient (Wildman–Crippen LogP) is 6.33. The Bertz CT molecular complexity index is 1790. The van der Waals surface area contributed by atoms with Crippen LogP contribution in [0.5, 0.6) is 0 Å². The molecule has 44 heavy (non-hydrogen) atoms. The zero-order chi connectivity index (χ0) is 30.8. The normalized spacial score (nSPS) is 15.3. The maximum absolute atomic E-state index is 9.91. The van der Waals surface area contributed by atoms with E-state index in [1.807, 2.05) is 48.3 Å². The number of hydrogen-bond donors (Lipinski definition) is 2. The van der Waals surface area contributed by atoms with E-state index in [0.717, 1.165) is 53.8 Å². The van der Waals surface area contributed by atoms with Gasteiger partial charge >= 0.3 is 0 Å². The second-order valence-corrected chi connectivity index (χ2v) is 12.8. The Morgan fingerprint density at radius 2 is 1.86 bits per heavy atom. The van der Waals surface area contributed by atoms with Crippen LogP contribution in [0.15, 0.2) is 67.3 Å². The van der Waals surface area contributed by atoms with Crippen LogP contribution in [0.1, 0.15) is 68.1 Å². The summed E-state index contributed by atoms with van der Waals surface area (Å²) >= 11 is 6.71. The standard InChI is InChI=1S/C33H37ClN10/c1-33(2,3)43-12-10-26(11-13-43)44-21-29(40-41-44)31(23-8-6-5-7-9-23)39-28-15-25(34)14-27-30(24(16-35)19-37-32(27)28)36-17-22-18-38-42(4)20-22/h5-9,14-15,18-21,26,31,39H,10-13,17H2,1-4H3,(H,36,37)/t31-/m0/s1. The van der Waals surface area contributed by atoms with Crippen molar-refractivity contribution < 1.29 is 0 Å². The molecule has 226 valence electrons. The van der Waals surface area contributed by atoms with Gasteiger partial charge < -0.3 is 10.6 Å². The number of nitrogens with zero attached hydrogens (tertiary/aromatic N) is 8. The average Bonchev–Trinajstić information content (AvgIpc) is 3.68. The third-order valence-corrected chi connectivity index (χ3v) is 8.55. The third kappa shape index (κ3) is 6.25. The number of anilines is 2. The quantitative estimate of drug-likeness (QED) is 0.210. The summed E-state index contributed by atoms with van der Waals surface area (Å²) in [6.07, 6.45) is 9.47. The van der Waals surface area contributed by atoms with E-state index in [1.165, 1.54) is 0 Å². The lowest BCUT2D eigenvalue weighted by Crippen LogP contribution is -2.46. The number of pyridine rings is 1. The molecule has 11 heteroatoms. The fourth-order valence-corrected chi connectivity index (χ4v) is 6.16. The van der Waals surface area contributed by atoms with E-state index in [4.69, 9.17) is 16.6 Å². The molecule has 0 aliphatic carbocycles. The molecule has 1 saturated heterocycles. The maximum Gasteiger partial charge on any atom is 0.109 e. The molecule has 2 N–H and O–H groups in total. The van der Waals surface area contributed by atoms with E-state index in [-0.39, 0.29) is 11.6 Å². The molecule has 0 radical (unpaired) electrons. The minimum atomic E-state index is -0.300. The van der Waals surface area contributed by atoms with Crippen molar-refractivity contribution in [2.45, 2.75) is 57.8 Å². The molecule has 3 aromatic heterocycles. The van der Waals surface area contributed by atoms with E-state index in [2.05, 4.69) is 76.1 Å². The first-order valence-electron chi connectivity index (χ1n) is 14.9. The molecule has 0 unspecified atom stereocenters. The van der Waals surface area contributed by atoms with Crippen molar-refractivity contribution in [3.05, 3.63) is 94.7 Å². The maximum atomic E-state index is 9.91. The molecule has 1 atom stereocenters. The lowest BCUT2D eigenvalue weighted by molar-refractivity contribution is 0.0866. The number of fused-ring (bicyclic) bond motifs is 1. The smallest absolute Gasteiger partial charge is 0.109 e. The molecule has 1 aliphatic rings. The zero-order valence-corrected chi connectivity index (χ0v) is 26.3. The van der Waals surface area contributed by atoms with Crippen LogP contribution < -0.4 is 10.6 Å². The number of piperidine rings is 1. The van der Waals surface area contributed by atoms with E-state index in [0.29, 0.717) is 34.4 Å². The van der Waals surface area contributed by atoms with Crippen molar-refractivity contribution in [2.24, 2.45) is 7.05 Å². The first kappa shape index (κ1) is 29.6. The van der Waals surface area contributed by atoms with E-state index in [1.54, 1.807) is 17.1 Å². The van der Waals surface area contributed by atoms with Gasteiger partial charge in [0.25, 0.3) is 0 Å². The number of halogens is 1. The van der Waals surface area contributed by atoms with Crippen molar-refractivity contribution in [1.82, 2.24) is 34.7 Å². The molecule has 10 nitrogen and oxygen atoms in total. The second kappa shape index (κ2) is 12.3. The molecular weight excluding hydrogens is 572 g/mol. The van der Waals surface area contributed by atoms with Crippen LogP contribution in [0, 0.1) is 11.3 Å². The van der Waals surface area contributed by atoms with Gasteiger partial charge in [0.15, 0.2) is 0 Å². The molecule has 0 saturated carbocycles. The number of aryl methyl sites for hydroxylation is 1. The van der Waals surface area contributed by atoms with Gasteiger partial charge in [0.1, 0.15) is 11.8 Å². The van der Waals surface area contributed by atoms with Gasteiger partial charge in [-0.25, -0.2) is 4.68 Å². The van der Waals surface area contributed by atoms with Gasteiger partial charge in [-0.15, -0.1) is 5.10 Å². The monoisotopic (exact) mass is 608 g/mol. The van der Waals surface area contributed by atoms with Crippen molar-refractivity contribution >= 4 is 33.9 Å². The molecule has 0 bridgehead atoms. The highest BCUT2D eigenvalue weighted by molar-refractivity contribution is 6.32. The van der Waals surface area contributed by atoms with Gasteiger partial charge in [0.05, 0.1) is 46.9 Å². The first-order chi connectivity index (χ1) is 21.2. The highest BCUT2D eigenvalue weighted by Gasteiger charge is 2.29. The molecule has 2 aromatic carbocycles. The van der Waals surface area contributed by atoms with Crippen molar-refractivity contribution in [3.8, 4) is 6.07 Å². The van der Waals surface area contributed by atoms with Crippen LogP contribution in [0.2, 0.25) is 5.02 Å². The van der Waals surface area contributed by atoms with Gasteiger partial charge in [-0.3, -0.25) is 14.6 Å². The van der Waals surface area contributed by atoms with Crippen molar-refractivity contribution in [3.63, 3.8) is 0 Å². The summed E-state index contributed by atoms with van der Waals surface area (Å²) in [6.45, 7) is 9.38. The molecule has 1 aliphatic heterocycles. The summed E-state index contributed by atoms with van der Waals surface area (Å²) in [5.41, 5.74) is 5.57. The molecule has 0 amide bonds. The van der Waals surface area contributed by atoms with Gasteiger partial charge in [0, 0.05) is 60.6 Å². The number of nitrogens with one attached hydrogen (secondary N) is 2. The number of aromatic nitrogens is 6. The first-order valence-corrected chi connectivity index (χ1v) is 15.3. The topological polar surface area (TPSA) is 113 Å². The number of rotatable bonds is 8. The van der Waals surface area contributed by atoms with Crippen LogP contribution >= 0.6 is 11.6 Å². The van der Waals surface area contributed by atoms with E-state index < -0.39 is 0 Å². The summed E-state index contributed by atoms with van der Waals surface area (Å²) in [4.78, 5) is 7.24. The van der Waals surface area contributed by atoms with Crippen LogP contribution in [-0.4, -0.2) is 53.3 Å². The Morgan fingerprint density at radius 3 is 2.55 bits per heavy atom. The Labute approximate surface area is 262 Å². The van der Waals surface area contributed by atoms with Gasteiger partial charge in [0.2, 0.25) is 0 Å². The van der Waals surface area contributed by atoms with E-state index in [9.17, 15) is 5.26 Å². The van der Waals surface area contributed by atoms with Crippen molar-refractivity contribution in [2.75, 3.05) is 23.7 Å². The summed E-state index contributed by atoms with van der Waals surface area (Å²) in [5.74, 6) is 0. The highest BCUT2D eigenvalue weighted by Crippen LogP contribution is 2.37. The third-order valence-electron chi connectivity index (χ3n) is 8.33. The van der Waals surface area contributed by atoms with E-state index >= 15 is 0 Å². The minimum absolute atomic E-state index is 0.163. The highest BCUT2D eigenvalue weighted by atomic mass is 35.5. The largest absolute Gasteiger partial charge is 0.379 e. The molecular formula is C33H37ClN10. The van der Waals surface area contributed by atoms with Gasteiger partial charge in [-0.2, -0.15) is 10.4 Å². The van der Waals surface area contributed by atoms with Crippen LogP contribution in [0.25, 0.3) is 10.9 Å². The van der Waals surface area contributed by atoms with Crippen LogP contribution in [0.3, 0.4) is 0 Å². The van der Waals surface area contributed by atoms with Gasteiger partial charge in [-0.1, -0.05) is 47.1 Å². The Morgan fingerprint density at radius 1 is 1.09 bits per heavy atom. The summed E-state index contributed by atoms with van der Waals surface area (Å²) in [6, 6.07) is 16.2. The van der Waals surface area contributed by atoms with Crippen LogP contribution in [-0.2, 0) is 13.6 Å². The van der Waals surface area contributed by atoms with Gasteiger partial charge in [-0.05, 0) is 51.3 Å². The SMILES string of the molecule is Cn1cc(CNc2c(C#N)cnc3c(N[C@@H](c4ccccc4)c4cn(C5CCN(C(C)(C)C)CC5)nn4)cc(Cl)cc23)cn1. The van der Waals surface area contributed by atoms with Crippen molar-refractivity contribution in [1.29, 1.82) is 5.26 Å². The number of hydrogen-bond acceptors (Lipinski definition) is 8. The predicted molar refractivity (Wildman–Crippen MR) is 174 cm³/mol. The average molecular weight is 609 g/mol.